The topological polar surface area (TPSA) is 23.9 Å². The molecule has 0 atom stereocenters. The van der Waals surface area contributed by atoms with Crippen LogP contribution in [-0.2, 0) is 0 Å². The van der Waals surface area contributed by atoms with Crippen LogP contribution in [0.1, 0.15) is 41.0 Å². The van der Waals surface area contributed by atoms with E-state index in [1.165, 1.54) is 5.57 Å². The molecule has 1 heteroatoms. The third-order valence-electron chi connectivity index (χ3n) is 2.84. The number of nitrogens with one attached hydrogen (secondary N) is 1. The third kappa shape index (κ3) is 4.01. The second-order valence-corrected chi connectivity index (χ2v) is 3.92. The SMILES string of the molecule is C=C(/C(C)=C(/C)C(C)=N)/C(=C/C=C\C)CC. The predicted molar refractivity (Wildman–Crippen MR) is 74.1 cm³/mol. The van der Waals surface area contributed by atoms with Crippen LogP contribution in [0, 0.1) is 5.41 Å². The molecule has 0 aliphatic carbocycles. The predicted octanol–water partition coefficient (Wildman–Crippen LogP) is 4.83. The van der Waals surface area contributed by atoms with E-state index in [9.17, 15) is 0 Å². The van der Waals surface area contributed by atoms with Gasteiger partial charge in [-0.3, -0.25) is 0 Å². The lowest BCUT2D eigenvalue weighted by atomic mass is 9.93. The van der Waals surface area contributed by atoms with Gasteiger partial charge in [0.15, 0.2) is 0 Å². The summed E-state index contributed by atoms with van der Waals surface area (Å²) in [4.78, 5) is 0. The molecule has 0 heterocycles. The number of hydrogen-bond donors (Lipinski definition) is 1. The maximum atomic E-state index is 7.63. The monoisotopic (exact) mass is 217 g/mol. The first kappa shape index (κ1) is 14.6. The molecule has 0 aromatic rings. The molecule has 0 aromatic heterocycles. The van der Waals surface area contributed by atoms with Crippen molar-refractivity contribution in [3.8, 4) is 0 Å². The summed E-state index contributed by atoms with van der Waals surface area (Å²) in [5.41, 5.74) is 5.02. The first-order chi connectivity index (χ1) is 7.45. The van der Waals surface area contributed by atoms with E-state index < -0.39 is 0 Å². The Morgan fingerprint density at radius 3 is 2.12 bits per heavy atom. The van der Waals surface area contributed by atoms with Gasteiger partial charge >= 0.3 is 0 Å². The molecule has 0 rings (SSSR count). The van der Waals surface area contributed by atoms with Crippen LogP contribution >= 0.6 is 0 Å². The van der Waals surface area contributed by atoms with Crippen molar-refractivity contribution in [1.29, 1.82) is 5.41 Å². The van der Waals surface area contributed by atoms with Gasteiger partial charge in [-0.1, -0.05) is 31.7 Å². The minimum absolute atomic E-state index is 0.611. The van der Waals surface area contributed by atoms with Gasteiger partial charge in [-0.05, 0) is 56.4 Å². The molecular weight excluding hydrogens is 194 g/mol. The zero-order valence-electron chi connectivity index (χ0n) is 11.1. The standard InChI is InChI=1S/C15H23N/c1-7-9-10-15(8-2)13(5)11(3)12(4)14(6)16/h7,9-10,16H,5,8H2,1-4,6H3/b9-7-,12-11-,15-10+,16-14?. The summed E-state index contributed by atoms with van der Waals surface area (Å²) in [6.07, 6.45) is 7.10. The van der Waals surface area contributed by atoms with Crippen LogP contribution in [0.2, 0.25) is 0 Å². The van der Waals surface area contributed by atoms with Crippen LogP contribution in [0.25, 0.3) is 0 Å². The number of allylic oxidation sites excluding steroid dienone is 7. The Morgan fingerprint density at radius 1 is 1.19 bits per heavy atom. The average Bonchev–Trinajstić information content (AvgIpc) is 2.27. The lowest BCUT2D eigenvalue weighted by Crippen LogP contribution is -1.98. The summed E-state index contributed by atoms with van der Waals surface area (Å²) < 4.78 is 0. The summed E-state index contributed by atoms with van der Waals surface area (Å²) in [5.74, 6) is 0. The molecule has 0 amide bonds. The van der Waals surface area contributed by atoms with Gasteiger partial charge in [0.05, 0.1) is 0 Å². The van der Waals surface area contributed by atoms with E-state index in [1.807, 2.05) is 39.8 Å². The maximum absolute atomic E-state index is 7.63. The molecule has 1 nitrogen and oxygen atoms in total. The van der Waals surface area contributed by atoms with E-state index in [2.05, 4.69) is 19.6 Å². The molecule has 0 saturated heterocycles. The van der Waals surface area contributed by atoms with Gasteiger partial charge in [-0.25, -0.2) is 0 Å². The molecule has 0 spiro atoms. The van der Waals surface area contributed by atoms with Gasteiger partial charge in [0.25, 0.3) is 0 Å². The minimum Gasteiger partial charge on any atom is -0.305 e. The smallest absolute Gasteiger partial charge is 0.0314 e. The summed E-state index contributed by atoms with van der Waals surface area (Å²) in [5, 5.41) is 7.63. The highest BCUT2D eigenvalue weighted by Crippen LogP contribution is 2.23. The van der Waals surface area contributed by atoms with Crippen molar-refractivity contribution in [2.24, 2.45) is 0 Å². The second-order valence-electron chi connectivity index (χ2n) is 3.92. The first-order valence-electron chi connectivity index (χ1n) is 5.70. The molecule has 0 saturated carbocycles. The van der Waals surface area contributed by atoms with E-state index >= 15 is 0 Å². The molecule has 16 heavy (non-hydrogen) atoms. The fraction of sp³-hybridized carbons (Fsp3) is 0.400. The Hall–Kier alpha value is -1.37. The highest BCUT2D eigenvalue weighted by Gasteiger charge is 2.06. The van der Waals surface area contributed by atoms with E-state index in [0.29, 0.717) is 5.71 Å². The minimum atomic E-state index is 0.611. The molecule has 0 radical (unpaired) electrons. The van der Waals surface area contributed by atoms with Crippen LogP contribution in [0.5, 0.6) is 0 Å². The zero-order chi connectivity index (χ0) is 12.7. The quantitative estimate of drug-likeness (QED) is 0.503. The summed E-state index contributed by atoms with van der Waals surface area (Å²) >= 11 is 0. The van der Waals surface area contributed by atoms with Gasteiger partial charge in [0, 0.05) is 5.71 Å². The largest absolute Gasteiger partial charge is 0.305 e. The molecule has 0 aliphatic rings. The van der Waals surface area contributed by atoms with Crippen molar-refractivity contribution in [2.75, 3.05) is 0 Å². The van der Waals surface area contributed by atoms with E-state index in [1.54, 1.807) is 0 Å². The molecule has 0 bridgehead atoms. The van der Waals surface area contributed by atoms with Crippen molar-refractivity contribution in [2.45, 2.75) is 41.0 Å². The molecular formula is C15H23N. The maximum Gasteiger partial charge on any atom is 0.0314 e. The van der Waals surface area contributed by atoms with Crippen molar-refractivity contribution in [1.82, 2.24) is 0 Å². The molecule has 88 valence electrons. The average molecular weight is 217 g/mol. The lowest BCUT2D eigenvalue weighted by molar-refractivity contribution is 1.10. The Bertz CT molecular complexity index is 365. The Balaban J connectivity index is 5.19. The van der Waals surface area contributed by atoms with Crippen LogP contribution < -0.4 is 0 Å². The van der Waals surface area contributed by atoms with Gasteiger partial charge in [0.1, 0.15) is 0 Å². The van der Waals surface area contributed by atoms with Crippen molar-refractivity contribution in [3.05, 3.63) is 47.1 Å². The fourth-order valence-corrected chi connectivity index (χ4v) is 1.39. The molecule has 0 aromatic carbocycles. The highest BCUT2D eigenvalue weighted by atomic mass is 14.4. The van der Waals surface area contributed by atoms with E-state index in [0.717, 1.165) is 23.1 Å². The fourth-order valence-electron chi connectivity index (χ4n) is 1.39. The Morgan fingerprint density at radius 2 is 1.75 bits per heavy atom. The Labute approximate surface area is 99.8 Å². The van der Waals surface area contributed by atoms with Crippen LogP contribution in [-0.4, -0.2) is 5.71 Å². The zero-order valence-corrected chi connectivity index (χ0v) is 11.1. The van der Waals surface area contributed by atoms with Gasteiger partial charge in [-0.15, -0.1) is 0 Å². The molecule has 0 aliphatic heterocycles. The normalized spacial score (nSPS) is 13.9. The second kappa shape index (κ2) is 7.00. The Kier molecular flexibility index (Phi) is 6.40. The van der Waals surface area contributed by atoms with E-state index in [-0.39, 0.29) is 0 Å². The molecule has 0 unspecified atom stereocenters. The number of hydrogen-bond acceptors (Lipinski definition) is 1. The van der Waals surface area contributed by atoms with Crippen LogP contribution in [0.4, 0.5) is 0 Å². The molecule has 0 fully saturated rings. The van der Waals surface area contributed by atoms with E-state index in [4.69, 9.17) is 5.41 Å². The van der Waals surface area contributed by atoms with Crippen LogP contribution in [0.15, 0.2) is 47.1 Å². The lowest BCUT2D eigenvalue weighted by Gasteiger charge is -2.12. The van der Waals surface area contributed by atoms with Gasteiger partial charge < -0.3 is 5.41 Å². The number of rotatable bonds is 5. The summed E-state index contributed by atoms with van der Waals surface area (Å²) in [7, 11) is 0. The van der Waals surface area contributed by atoms with Crippen molar-refractivity contribution < 1.29 is 0 Å². The van der Waals surface area contributed by atoms with Crippen LogP contribution in [0.3, 0.4) is 0 Å². The molecule has 1 N–H and O–H groups in total. The highest BCUT2D eigenvalue weighted by molar-refractivity contribution is 5.96. The first-order valence-corrected chi connectivity index (χ1v) is 5.70. The third-order valence-corrected chi connectivity index (χ3v) is 2.84. The van der Waals surface area contributed by atoms with Crippen molar-refractivity contribution in [3.63, 3.8) is 0 Å². The summed E-state index contributed by atoms with van der Waals surface area (Å²) in [6, 6.07) is 0. The van der Waals surface area contributed by atoms with Gasteiger partial charge in [-0.2, -0.15) is 0 Å². The van der Waals surface area contributed by atoms with Gasteiger partial charge in [0.2, 0.25) is 0 Å². The summed E-state index contributed by atoms with van der Waals surface area (Å²) in [6.45, 7) is 14.1. The van der Waals surface area contributed by atoms with Crippen molar-refractivity contribution >= 4 is 5.71 Å².